The van der Waals surface area contributed by atoms with Crippen LogP contribution in [-0.2, 0) is 0 Å². The van der Waals surface area contributed by atoms with E-state index >= 15 is 0 Å². The smallest absolute Gasteiger partial charge is 0.224 e. The van der Waals surface area contributed by atoms with Gasteiger partial charge in [0.25, 0.3) is 0 Å². The normalized spacial score (nSPS) is 14.2. The topological polar surface area (TPSA) is 49.8 Å². The molecule has 0 aliphatic heterocycles. The van der Waals surface area contributed by atoms with Crippen molar-refractivity contribution in [1.82, 2.24) is 9.97 Å². The van der Waals surface area contributed by atoms with E-state index in [-0.39, 0.29) is 0 Å². The van der Waals surface area contributed by atoms with Crippen molar-refractivity contribution >= 4 is 29.1 Å². The monoisotopic (exact) mass is 274 g/mol. The lowest BCUT2D eigenvalue weighted by Crippen LogP contribution is -2.03. The molecule has 1 aliphatic carbocycles. The molecule has 0 saturated heterocycles. The van der Waals surface area contributed by atoms with E-state index in [1.165, 1.54) is 12.8 Å². The summed E-state index contributed by atoms with van der Waals surface area (Å²) in [4.78, 5) is 8.90. The summed E-state index contributed by atoms with van der Waals surface area (Å²) in [5.41, 5.74) is 2.07. The highest BCUT2D eigenvalue weighted by atomic mass is 35.5. The fourth-order valence-corrected chi connectivity index (χ4v) is 2.04. The highest BCUT2D eigenvalue weighted by Gasteiger charge is 2.26. The second kappa shape index (κ2) is 5.05. The van der Waals surface area contributed by atoms with Crippen LogP contribution >= 0.6 is 11.6 Å². The molecule has 98 valence electrons. The summed E-state index contributed by atoms with van der Waals surface area (Å²) < 4.78 is 0. The summed E-state index contributed by atoms with van der Waals surface area (Å²) in [6, 6.07) is 9.59. The lowest BCUT2D eigenvalue weighted by Gasteiger charge is -2.09. The largest absolute Gasteiger partial charge is 0.357 e. The third kappa shape index (κ3) is 2.96. The number of nitrogens with zero attached hydrogens (tertiary/aromatic N) is 2. The van der Waals surface area contributed by atoms with E-state index in [0.717, 1.165) is 22.2 Å². The average molecular weight is 275 g/mol. The van der Waals surface area contributed by atoms with Gasteiger partial charge in [0.1, 0.15) is 5.82 Å². The Hall–Kier alpha value is -1.81. The van der Waals surface area contributed by atoms with Gasteiger partial charge in [-0.2, -0.15) is 4.98 Å². The molecule has 5 heteroatoms. The Morgan fingerprint density at radius 3 is 2.53 bits per heavy atom. The van der Waals surface area contributed by atoms with E-state index in [9.17, 15) is 0 Å². The number of aromatic nitrogens is 2. The quantitative estimate of drug-likeness (QED) is 0.890. The lowest BCUT2D eigenvalue weighted by molar-refractivity contribution is 0.991. The minimum absolute atomic E-state index is 0.598. The predicted molar refractivity (Wildman–Crippen MR) is 78.3 cm³/mol. The van der Waals surface area contributed by atoms with E-state index in [0.29, 0.717) is 11.9 Å². The summed E-state index contributed by atoms with van der Waals surface area (Å²) >= 11 is 5.87. The Labute approximate surface area is 117 Å². The molecule has 1 aliphatic rings. The van der Waals surface area contributed by atoms with E-state index in [1.807, 2.05) is 37.4 Å². The van der Waals surface area contributed by atoms with Gasteiger partial charge in [-0.1, -0.05) is 11.6 Å². The van der Waals surface area contributed by atoms with Gasteiger partial charge in [-0.3, -0.25) is 0 Å². The van der Waals surface area contributed by atoms with Crippen LogP contribution in [-0.4, -0.2) is 17.0 Å². The van der Waals surface area contributed by atoms with Crippen LogP contribution < -0.4 is 10.6 Å². The number of benzene rings is 1. The highest BCUT2D eigenvalue weighted by molar-refractivity contribution is 6.30. The molecule has 0 atom stereocenters. The fourth-order valence-electron chi connectivity index (χ4n) is 1.91. The molecular formula is C14H15ClN4. The Morgan fingerprint density at radius 2 is 1.89 bits per heavy atom. The number of hydrogen-bond acceptors (Lipinski definition) is 4. The Morgan fingerprint density at radius 1 is 1.16 bits per heavy atom. The molecule has 0 unspecified atom stereocenters. The van der Waals surface area contributed by atoms with Crippen molar-refractivity contribution in [2.45, 2.75) is 18.8 Å². The number of halogens is 1. The van der Waals surface area contributed by atoms with Crippen LogP contribution in [0.3, 0.4) is 0 Å². The third-order valence-corrected chi connectivity index (χ3v) is 3.33. The first-order chi connectivity index (χ1) is 9.24. The summed E-state index contributed by atoms with van der Waals surface area (Å²) in [6.07, 6.45) is 2.45. The molecule has 2 N–H and O–H groups in total. The maximum Gasteiger partial charge on any atom is 0.224 e. The number of anilines is 3. The third-order valence-electron chi connectivity index (χ3n) is 3.08. The molecule has 4 nitrogen and oxygen atoms in total. The zero-order valence-electron chi connectivity index (χ0n) is 10.7. The molecule has 0 radical (unpaired) electrons. The summed E-state index contributed by atoms with van der Waals surface area (Å²) in [7, 11) is 1.83. The molecule has 3 rings (SSSR count). The maximum atomic E-state index is 5.87. The second-order valence-electron chi connectivity index (χ2n) is 4.66. The average Bonchev–Trinajstić information content (AvgIpc) is 3.25. The van der Waals surface area contributed by atoms with Gasteiger partial charge in [0, 0.05) is 29.7 Å². The van der Waals surface area contributed by atoms with E-state index in [1.54, 1.807) is 0 Å². The van der Waals surface area contributed by atoms with E-state index in [2.05, 4.69) is 20.6 Å². The first-order valence-corrected chi connectivity index (χ1v) is 6.72. The van der Waals surface area contributed by atoms with Gasteiger partial charge in [-0.25, -0.2) is 4.98 Å². The van der Waals surface area contributed by atoms with Gasteiger partial charge >= 0.3 is 0 Å². The molecule has 0 spiro atoms. The molecule has 1 fully saturated rings. The number of nitrogens with one attached hydrogen (secondary N) is 2. The van der Waals surface area contributed by atoms with Crippen LogP contribution in [0.2, 0.25) is 5.02 Å². The maximum absolute atomic E-state index is 5.87. The zero-order valence-corrected chi connectivity index (χ0v) is 11.4. The minimum Gasteiger partial charge on any atom is -0.357 e. The van der Waals surface area contributed by atoms with Crippen molar-refractivity contribution in [3.05, 3.63) is 41.0 Å². The van der Waals surface area contributed by atoms with Crippen LogP contribution in [0, 0.1) is 0 Å². The van der Waals surface area contributed by atoms with Gasteiger partial charge in [-0.05, 0) is 37.1 Å². The molecule has 0 amide bonds. The van der Waals surface area contributed by atoms with Crippen molar-refractivity contribution in [3.8, 4) is 0 Å². The lowest BCUT2D eigenvalue weighted by atomic mass is 10.2. The van der Waals surface area contributed by atoms with Crippen LogP contribution in [0.4, 0.5) is 17.5 Å². The van der Waals surface area contributed by atoms with E-state index in [4.69, 9.17) is 11.6 Å². The van der Waals surface area contributed by atoms with Crippen LogP contribution in [0.5, 0.6) is 0 Å². The molecule has 1 aromatic carbocycles. The van der Waals surface area contributed by atoms with Gasteiger partial charge < -0.3 is 10.6 Å². The van der Waals surface area contributed by atoms with Crippen molar-refractivity contribution in [2.24, 2.45) is 0 Å². The van der Waals surface area contributed by atoms with Crippen LogP contribution in [0.1, 0.15) is 24.5 Å². The Kier molecular flexibility index (Phi) is 3.25. The summed E-state index contributed by atoms with van der Waals surface area (Å²) in [5.74, 6) is 2.06. The first kappa shape index (κ1) is 12.2. The first-order valence-electron chi connectivity index (χ1n) is 6.34. The zero-order chi connectivity index (χ0) is 13.2. The molecule has 1 heterocycles. The SMILES string of the molecule is CNc1nc(Nc2ccc(Cl)cc2)cc(C2CC2)n1. The number of hydrogen-bond donors (Lipinski definition) is 2. The fraction of sp³-hybridized carbons (Fsp3) is 0.286. The second-order valence-corrected chi connectivity index (χ2v) is 5.09. The summed E-state index contributed by atoms with van der Waals surface area (Å²) in [6.45, 7) is 0. The van der Waals surface area contributed by atoms with Gasteiger partial charge in [0.2, 0.25) is 5.95 Å². The molecule has 1 aromatic heterocycles. The minimum atomic E-state index is 0.598. The Bertz CT molecular complexity index is 578. The van der Waals surface area contributed by atoms with Crippen LogP contribution in [0.25, 0.3) is 0 Å². The van der Waals surface area contributed by atoms with Crippen molar-refractivity contribution in [2.75, 3.05) is 17.7 Å². The van der Waals surface area contributed by atoms with Crippen molar-refractivity contribution in [1.29, 1.82) is 0 Å². The molecular weight excluding hydrogens is 260 g/mol. The van der Waals surface area contributed by atoms with Gasteiger partial charge in [-0.15, -0.1) is 0 Å². The van der Waals surface area contributed by atoms with Crippen molar-refractivity contribution < 1.29 is 0 Å². The Balaban J connectivity index is 1.86. The predicted octanol–water partition coefficient (Wildman–Crippen LogP) is 3.79. The molecule has 0 bridgehead atoms. The summed E-state index contributed by atoms with van der Waals surface area (Å²) in [5, 5.41) is 7.01. The number of rotatable bonds is 4. The highest BCUT2D eigenvalue weighted by Crippen LogP contribution is 2.40. The molecule has 19 heavy (non-hydrogen) atoms. The van der Waals surface area contributed by atoms with Crippen LogP contribution in [0.15, 0.2) is 30.3 Å². The van der Waals surface area contributed by atoms with E-state index < -0.39 is 0 Å². The molecule has 2 aromatic rings. The van der Waals surface area contributed by atoms with Gasteiger partial charge in [0.15, 0.2) is 0 Å². The van der Waals surface area contributed by atoms with Gasteiger partial charge in [0.05, 0.1) is 5.69 Å². The standard InChI is InChI=1S/C14H15ClN4/c1-16-14-18-12(9-2-3-9)8-13(19-14)17-11-6-4-10(15)5-7-11/h4-9H,2-3H2,1H3,(H2,16,17,18,19). The molecule has 1 saturated carbocycles. The van der Waals surface area contributed by atoms with Crippen molar-refractivity contribution in [3.63, 3.8) is 0 Å².